The Morgan fingerprint density at radius 2 is 2.00 bits per heavy atom. The van der Waals surface area contributed by atoms with Gasteiger partial charge in [0.2, 0.25) is 0 Å². The molecule has 0 aliphatic heterocycles. The predicted octanol–water partition coefficient (Wildman–Crippen LogP) is 3.05. The van der Waals surface area contributed by atoms with Gasteiger partial charge in [0.15, 0.2) is 0 Å². The summed E-state index contributed by atoms with van der Waals surface area (Å²) < 4.78 is 10.1. The number of rotatable bonds is 5. The molecule has 2 atom stereocenters. The van der Waals surface area contributed by atoms with Gasteiger partial charge in [0, 0.05) is 0 Å². The maximum atomic E-state index is 11.4. The van der Waals surface area contributed by atoms with Crippen LogP contribution in [0.2, 0.25) is 0 Å². The van der Waals surface area contributed by atoms with Crippen LogP contribution < -0.4 is 4.74 Å². The minimum Gasteiger partial charge on any atom is -0.496 e. The number of esters is 1. The molecule has 1 aromatic carbocycles. The lowest BCUT2D eigenvalue weighted by molar-refractivity contribution is -0.142. The van der Waals surface area contributed by atoms with Gasteiger partial charge in [-0.2, -0.15) is 0 Å². The molecule has 0 saturated heterocycles. The average Bonchev–Trinajstić information content (AvgIpc) is 3.19. The lowest BCUT2D eigenvalue weighted by Crippen LogP contribution is -2.05. The van der Waals surface area contributed by atoms with Crippen molar-refractivity contribution in [1.29, 1.82) is 0 Å². The molecular weight excluding hydrogens is 240 g/mol. The van der Waals surface area contributed by atoms with Crippen molar-refractivity contribution in [2.24, 2.45) is 11.8 Å². The summed E-state index contributed by atoms with van der Waals surface area (Å²) in [7, 11) is 3.17. The van der Waals surface area contributed by atoms with E-state index in [1.807, 2.05) is 6.07 Å². The first-order chi connectivity index (χ1) is 9.08. The second-order valence-electron chi connectivity index (χ2n) is 5.34. The van der Waals surface area contributed by atoms with Gasteiger partial charge in [-0.1, -0.05) is 6.07 Å². The van der Waals surface area contributed by atoms with Gasteiger partial charge in [-0.3, -0.25) is 4.79 Å². The number of methoxy groups -OCH3 is 2. The number of hydrogen-bond donors (Lipinski definition) is 0. The Morgan fingerprint density at radius 1 is 1.26 bits per heavy atom. The summed E-state index contributed by atoms with van der Waals surface area (Å²) in [5.41, 5.74) is 3.86. The molecule has 1 aromatic rings. The summed E-state index contributed by atoms with van der Waals surface area (Å²) in [6.07, 6.45) is 3.07. The van der Waals surface area contributed by atoms with Gasteiger partial charge in [-0.25, -0.2) is 0 Å². The summed E-state index contributed by atoms with van der Waals surface area (Å²) in [6, 6.07) is 4.17. The highest BCUT2D eigenvalue weighted by atomic mass is 16.5. The fourth-order valence-corrected chi connectivity index (χ4v) is 2.69. The van der Waals surface area contributed by atoms with Gasteiger partial charge in [-0.15, -0.1) is 0 Å². The third kappa shape index (κ3) is 2.91. The molecule has 0 amide bonds. The number of carbonyl (C=O) groups is 1. The molecule has 1 aliphatic carbocycles. The normalized spacial score (nSPS) is 21.1. The summed E-state index contributed by atoms with van der Waals surface area (Å²) in [5, 5.41) is 0. The van der Waals surface area contributed by atoms with Gasteiger partial charge < -0.3 is 9.47 Å². The third-order valence-electron chi connectivity index (χ3n) is 4.28. The Labute approximate surface area is 114 Å². The van der Waals surface area contributed by atoms with Crippen molar-refractivity contribution in [3.63, 3.8) is 0 Å². The van der Waals surface area contributed by atoms with Crippen molar-refractivity contribution in [2.45, 2.75) is 33.1 Å². The zero-order chi connectivity index (χ0) is 14.0. The molecule has 0 heterocycles. The lowest BCUT2D eigenvalue weighted by Gasteiger charge is -2.12. The molecule has 1 fully saturated rings. The van der Waals surface area contributed by atoms with Crippen LogP contribution in [-0.2, 0) is 16.0 Å². The van der Waals surface area contributed by atoms with Crippen molar-refractivity contribution >= 4 is 5.97 Å². The van der Waals surface area contributed by atoms with E-state index < -0.39 is 0 Å². The minimum absolute atomic E-state index is 0.0485. The Balaban J connectivity index is 1.95. The van der Waals surface area contributed by atoms with Gasteiger partial charge in [0.1, 0.15) is 5.75 Å². The molecule has 0 aromatic heterocycles. The molecule has 2 unspecified atom stereocenters. The van der Waals surface area contributed by atoms with Crippen molar-refractivity contribution in [2.75, 3.05) is 14.2 Å². The van der Waals surface area contributed by atoms with E-state index in [2.05, 4.69) is 19.9 Å². The number of ether oxygens (including phenoxy) is 2. The molecule has 104 valence electrons. The maximum absolute atomic E-state index is 11.4. The third-order valence-corrected chi connectivity index (χ3v) is 4.28. The molecule has 1 saturated carbocycles. The van der Waals surface area contributed by atoms with Crippen LogP contribution in [0.3, 0.4) is 0 Å². The highest BCUT2D eigenvalue weighted by Crippen LogP contribution is 2.43. The Bertz CT molecular complexity index is 479. The van der Waals surface area contributed by atoms with Crippen LogP contribution in [0.25, 0.3) is 0 Å². The molecule has 1 aliphatic rings. The second-order valence-corrected chi connectivity index (χ2v) is 5.34. The fourth-order valence-electron chi connectivity index (χ4n) is 2.69. The molecular formula is C16H22O3. The van der Waals surface area contributed by atoms with Crippen molar-refractivity contribution in [3.05, 3.63) is 28.8 Å². The maximum Gasteiger partial charge on any atom is 0.308 e. The molecule has 0 radical (unpaired) electrons. The number of carbonyl (C=O) groups excluding carboxylic acids is 1. The van der Waals surface area contributed by atoms with E-state index >= 15 is 0 Å². The van der Waals surface area contributed by atoms with Crippen LogP contribution in [0.4, 0.5) is 0 Å². The topological polar surface area (TPSA) is 35.5 Å². The van der Waals surface area contributed by atoms with Crippen LogP contribution in [0.1, 0.15) is 29.5 Å². The number of aryl methyl sites for hydroxylation is 1. The van der Waals surface area contributed by atoms with Crippen molar-refractivity contribution in [1.82, 2.24) is 0 Å². The summed E-state index contributed by atoms with van der Waals surface area (Å²) in [6.45, 7) is 4.23. The van der Waals surface area contributed by atoms with Crippen molar-refractivity contribution < 1.29 is 14.3 Å². The Kier molecular flexibility index (Phi) is 4.13. The first-order valence-corrected chi connectivity index (χ1v) is 6.79. The van der Waals surface area contributed by atoms with Gasteiger partial charge in [0.05, 0.1) is 20.1 Å². The fraction of sp³-hybridized carbons (Fsp3) is 0.562. The van der Waals surface area contributed by atoms with Gasteiger partial charge in [0.25, 0.3) is 0 Å². The summed E-state index contributed by atoms with van der Waals surface area (Å²) in [5.74, 6) is 1.55. The molecule has 2 rings (SSSR count). The SMILES string of the molecule is COC(=O)C1CC1CCc1ccc(OC)c(C)c1C. The zero-order valence-electron chi connectivity index (χ0n) is 12.2. The van der Waals surface area contributed by atoms with Crippen LogP contribution in [-0.4, -0.2) is 20.2 Å². The molecule has 0 spiro atoms. The van der Waals surface area contributed by atoms with E-state index in [-0.39, 0.29) is 11.9 Å². The van der Waals surface area contributed by atoms with E-state index in [4.69, 9.17) is 9.47 Å². The average molecular weight is 262 g/mol. The van der Waals surface area contributed by atoms with E-state index in [1.54, 1.807) is 7.11 Å². The van der Waals surface area contributed by atoms with Crippen molar-refractivity contribution in [3.8, 4) is 5.75 Å². The van der Waals surface area contributed by atoms with E-state index in [9.17, 15) is 4.79 Å². The largest absolute Gasteiger partial charge is 0.496 e. The second kappa shape index (κ2) is 5.64. The van der Waals surface area contributed by atoms with Crippen LogP contribution >= 0.6 is 0 Å². The molecule has 3 heteroatoms. The van der Waals surface area contributed by atoms with Crippen LogP contribution in [0, 0.1) is 25.7 Å². The lowest BCUT2D eigenvalue weighted by atomic mass is 9.97. The first-order valence-electron chi connectivity index (χ1n) is 6.79. The molecule has 19 heavy (non-hydrogen) atoms. The van der Waals surface area contributed by atoms with Gasteiger partial charge >= 0.3 is 5.97 Å². The first kappa shape index (κ1) is 13.9. The minimum atomic E-state index is -0.0485. The standard InChI is InChI=1S/C16H22O3/c1-10-11(2)15(18-3)8-7-12(10)5-6-13-9-14(13)16(17)19-4/h7-8,13-14H,5-6,9H2,1-4H3. The number of hydrogen-bond acceptors (Lipinski definition) is 3. The monoisotopic (exact) mass is 262 g/mol. The summed E-state index contributed by atoms with van der Waals surface area (Å²) in [4.78, 5) is 11.4. The quantitative estimate of drug-likeness (QED) is 0.765. The molecule has 0 N–H and O–H groups in total. The van der Waals surface area contributed by atoms with Gasteiger partial charge in [-0.05, 0) is 61.8 Å². The van der Waals surface area contributed by atoms with E-state index in [0.29, 0.717) is 5.92 Å². The van der Waals surface area contributed by atoms with Crippen LogP contribution in [0.15, 0.2) is 12.1 Å². The van der Waals surface area contributed by atoms with E-state index in [1.165, 1.54) is 23.8 Å². The van der Waals surface area contributed by atoms with Crippen LogP contribution in [0.5, 0.6) is 5.75 Å². The molecule has 0 bridgehead atoms. The summed E-state index contributed by atoms with van der Waals surface area (Å²) >= 11 is 0. The Morgan fingerprint density at radius 3 is 2.63 bits per heavy atom. The predicted molar refractivity (Wildman–Crippen MR) is 74.4 cm³/mol. The zero-order valence-corrected chi connectivity index (χ0v) is 12.2. The highest BCUT2D eigenvalue weighted by molar-refractivity contribution is 5.75. The Hall–Kier alpha value is -1.51. The highest BCUT2D eigenvalue weighted by Gasteiger charge is 2.43. The number of benzene rings is 1. The molecule has 3 nitrogen and oxygen atoms in total. The smallest absolute Gasteiger partial charge is 0.308 e. The van der Waals surface area contributed by atoms with E-state index in [0.717, 1.165) is 25.0 Å².